The van der Waals surface area contributed by atoms with E-state index in [1.54, 1.807) is 24.3 Å². The molecule has 0 heterocycles. The van der Waals surface area contributed by atoms with Crippen molar-refractivity contribution < 1.29 is 19.2 Å². The van der Waals surface area contributed by atoms with Crippen LogP contribution in [0.2, 0.25) is 0 Å². The summed E-state index contributed by atoms with van der Waals surface area (Å²) in [6, 6.07) is 12.8. The van der Waals surface area contributed by atoms with Gasteiger partial charge in [0.15, 0.2) is 5.71 Å². The maximum atomic E-state index is 13.5. The van der Waals surface area contributed by atoms with Crippen molar-refractivity contribution in [1.29, 1.82) is 0 Å². The molecular weight excluding hydrogens is 476 g/mol. The Kier molecular flexibility index (Phi) is 9.90. The Morgan fingerprint density at radius 1 is 0.947 bits per heavy atom. The molecule has 1 amide bonds. The van der Waals surface area contributed by atoms with Gasteiger partial charge in [0, 0.05) is 11.3 Å². The number of ether oxygens (including phenoxy) is 1. The topological polar surface area (TPSA) is 77.0 Å². The predicted molar refractivity (Wildman–Crippen MR) is 154 cm³/mol. The van der Waals surface area contributed by atoms with Crippen molar-refractivity contribution in [1.82, 2.24) is 0 Å². The number of nitrogens with one attached hydrogen (secondary N) is 1. The predicted octanol–water partition coefficient (Wildman–Crippen LogP) is 7.32. The average molecular weight is 519 g/mol. The molecule has 2 aromatic rings. The number of rotatable bonds is 12. The van der Waals surface area contributed by atoms with Crippen molar-refractivity contribution >= 4 is 23.3 Å². The van der Waals surface area contributed by atoms with E-state index >= 15 is 0 Å². The van der Waals surface area contributed by atoms with Crippen LogP contribution >= 0.6 is 0 Å². The Hall–Kier alpha value is -3.41. The third-order valence-corrected chi connectivity index (χ3v) is 7.30. The van der Waals surface area contributed by atoms with Gasteiger partial charge in [-0.1, -0.05) is 77.4 Å². The van der Waals surface area contributed by atoms with E-state index in [0.717, 1.165) is 44.1 Å². The summed E-state index contributed by atoms with van der Waals surface area (Å²) in [5.41, 5.74) is 4.54. The van der Waals surface area contributed by atoms with E-state index in [1.807, 2.05) is 6.07 Å². The van der Waals surface area contributed by atoms with Crippen molar-refractivity contribution in [3.63, 3.8) is 0 Å². The molecule has 1 aliphatic rings. The number of unbranched alkanes of at least 4 members (excludes halogenated alkanes) is 3. The number of fused-ring (bicyclic) bond motifs is 1. The van der Waals surface area contributed by atoms with E-state index < -0.39 is 5.97 Å². The van der Waals surface area contributed by atoms with E-state index in [9.17, 15) is 9.59 Å². The van der Waals surface area contributed by atoms with Gasteiger partial charge in [-0.3, -0.25) is 4.79 Å². The van der Waals surface area contributed by atoms with Crippen molar-refractivity contribution in [3.05, 3.63) is 77.4 Å². The number of amides is 1. The van der Waals surface area contributed by atoms with Gasteiger partial charge in [0.05, 0.1) is 5.56 Å². The first-order valence-corrected chi connectivity index (χ1v) is 13.6. The minimum atomic E-state index is -0.443. The summed E-state index contributed by atoms with van der Waals surface area (Å²) in [6.45, 7) is 15.4. The van der Waals surface area contributed by atoms with Crippen LogP contribution in [0.5, 0.6) is 0 Å². The van der Waals surface area contributed by atoms with Gasteiger partial charge in [-0.05, 0) is 78.0 Å². The molecule has 1 N–H and O–H groups in total. The van der Waals surface area contributed by atoms with Gasteiger partial charge in [-0.25, -0.2) is 4.79 Å². The fourth-order valence-corrected chi connectivity index (χ4v) is 4.76. The van der Waals surface area contributed by atoms with Crippen LogP contribution in [0.1, 0.15) is 100 Å². The third-order valence-electron chi connectivity index (χ3n) is 7.30. The first-order valence-electron chi connectivity index (χ1n) is 13.6. The van der Waals surface area contributed by atoms with Crippen LogP contribution in [-0.4, -0.2) is 30.8 Å². The summed E-state index contributed by atoms with van der Waals surface area (Å²) in [7, 11) is 0. The number of nitrogens with zero attached hydrogens (tertiary/aromatic N) is 1. The highest BCUT2D eigenvalue weighted by atomic mass is 16.6. The van der Waals surface area contributed by atoms with Gasteiger partial charge in [-0.15, -0.1) is 0 Å². The number of hydrogen-bond donors (Lipinski definition) is 1. The fraction of sp³-hybridized carbons (Fsp3) is 0.469. The molecule has 6 heteroatoms. The highest BCUT2D eigenvalue weighted by Gasteiger charge is 2.37. The first-order chi connectivity index (χ1) is 18.1. The van der Waals surface area contributed by atoms with Crippen LogP contribution < -0.4 is 5.32 Å². The molecular formula is C32H42N2O4. The zero-order chi connectivity index (χ0) is 27.8. The van der Waals surface area contributed by atoms with Gasteiger partial charge in [-0.2, -0.15) is 0 Å². The molecule has 0 bridgehead atoms. The molecule has 0 saturated heterocycles. The maximum Gasteiger partial charge on any atom is 0.338 e. The van der Waals surface area contributed by atoms with Crippen molar-refractivity contribution in [2.24, 2.45) is 5.16 Å². The summed E-state index contributed by atoms with van der Waals surface area (Å²) in [4.78, 5) is 31.2. The number of carbonyl (C=O) groups excluding carboxylic acids is 2. The lowest BCUT2D eigenvalue weighted by Crippen LogP contribution is -2.34. The van der Waals surface area contributed by atoms with Crippen LogP contribution in [0, 0.1) is 0 Å². The molecule has 1 aliphatic carbocycles. The normalized spacial score (nSPS) is 15.8. The zero-order valence-corrected chi connectivity index (χ0v) is 23.6. The number of oxime groups is 1. The maximum absolute atomic E-state index is 13.5. The highest BCUT2D eigenvalue weighted by Crippen LogP contribution is 2.46. The standard InChI is InChI=1S/C32H42N2O4/c1-7-9-10-11-21-38-34-28(24-14-17-26-27(22-24)32(5,6)19-18-31(26,3)4)29(35)33-25-15-12-23(13-16-25)30(36)37-20-8-2/h8,12-17,22H,2,7,9-11,18-21H2,1,3-6H3,(H,33,35)/b34-28-. The Labute approximate surface area is 227 Å². The number of esters is 1. The molecule has 0 atom stereocenters. The van der Waals surface area contributed by atoms with Gasteiger partial charge in [0.25, 0.3) is 5.91 Å². The number of carbonyl (C=O) groups is 2. The van der Waals surface area contributed by atoms with Crippen LogP contribution in [0.3, 0.4) is 0 Å². The van der Waals surface area contributed by atoms with E-state index in [2.05, 4.69) is 63.8 Å². The Balaban J connectivity index is 1.86. The molecule has 0 unspecified atom stereocenters. The quantitative estimate of drug-likeness (QED) is 0.105. The monoisotopic (exact) mass is 518 g/mol. The fourth-order valence-electron chi connectivity index (χ4n) is 4.76. The van der Waals surface area contributed by atoms with Crippen LogP contribution in [0.25, 0.3) is 0 Å². The molecule has 2 aromatic carbocycles. The second kappa shape index (κ2) is 12.9. The average Bonchev–Trinajstić information content (AvgIpc) is 2.89. The molecule has 0 aliphatic heterocycles. The van der Waals surface area contributed by atoms with Gasteiger partial charge < -0.3 is 14.9 Å². The minimum absolute atomic E-state index is 0.000499. The van der Waals surface area contributed by atoms with Gasteiger partial charge in [0.2, 0.25) is 0 Å². The summed E-state index contributed by atoms with van der Waals surface area (Å²) < 4.78 is 5.07. The summed E-state index contributed by atoms with van der Waals surface area (Å²) in [5, 5.41) is 7.23. The molecule has 0 fully saturated rings. The smallest absolute Gasteiger partial charge is 0.338 e. The third kappa shape index (κ3) is 7.33. The molecule has 38 heavy (non-hydrogen) atoms. The lowest BCUT2D eigenvalue weighted by Gasteiger charge is -2.42. The molecule has 0 radical (unpaired) electrons. The van der Waals surface area contributed by atoms with E-state index in [0.29, 0.717) is 17.9 Å². The first kappa shape index (κ1) is 29.2. The lowest BCUT2D eigenvalue weighted by molar-refractivity contribution is -0.110. The molecule has 3 rings (SSSR count). The SMILES string of the molecule is C=CCOC(=O)c1ccc(NC(=O)/C(=N\OCCCCCC)c2ccc3c(c2)C(C)(C)CCC3(C)C)cc1. The van der Waals surface area contributed by atoms with Crippen LogP contribution in [0.15, 0.2) is 60.3 Å². The second-order valence-electron chi connectivity index (χ2n) is 11.3. The number of hydrogen-bond acceptors (Lipinski definition) is 5. The molecule has 204 valence electrons. The number of benzene rings is 2. The largest absolute Gasteiger partial charge is 0.458 e. The van der Waals surface area contributed by atoms with Crippen molar-refractivity contribution in [2.75, 3.05) is 18.5 Å². The minimum Gasteiger partial charge on any atom is -0.458 e. The van der Waals surface area contributed by atoms with E-state index in [4.69, 9.17) is 9.57 Å². The Morgan fingerprint density at radius 2 is 1.61 bits per heavy atom. The number of anilines is 1. The second-order valence-corrected chi connectivity index (χ2v) is 11.3. The van der Waals surface area contributed by atoms with E-state index in [1.165, 1.54) is 17.2 Å². The lowest BCUT2D eigenvalue weighted by atomic mass is 9.63. The van der Waals surface area contributed by atoms with E-state index in [-0.39, 0.29) is 29.1 Å². The zero-order valence-electron chi connectivity index (χ0n) is 23.6. The van der Waals surface area contributed by atoms with Crippen LogP contribution in [-0.2, 0) is 25.2 Å². The van der Waals surface area contributed by atoms with Crippen molar-refractivity contribution in [2.45, 2.75) is 84.0 Å². The van der Waals surface area contributed by atoms with Gasteiger partial charge >= 0.3 is 5.97 Å². The van der Waals surface area contributed by atoms with Crippen LogP contribution in [0.4, 0.5) is 5.69 Å². The highest BCUT2D eigenvalue weighted by molar-refractivity contribution is 6.48. The summed E-state index contributed by atoms with van der Waals surface area (Å²) in [5.74, 6) is -0.811. The molecule has 0 saturated carbocycles. The summed E-state index contributed by atoms with van der Waals surface area (Å²) >= 11 is 0. The molecule has 6 nitrogen and oxygen atoms in total. The van der Waals surface area contributed by atoms with Gasteiger partial charge in [0.1, 0.15) is 13.2 Å². The molecule has 0 spiro atoms. The Bertz CT molecular complexity index is 1160. The summed E-state index contributed by atoms with van der Waals surface area (Å²) in [6.07, 6.45) is 7.95. The molecule has 0 aromatic heterocycles. The van der Waals surface area contributed by atoms with Crippen molar-refractivity contribution in [3.8, 4) is 0 Å². The Morgan fingerprint density at radius 3 is 2.26 bits per heavy atom.